The van der Waals surface area contributed by atoms with Crippen LogP contribution in [0.2, 0.25) is 0 Å². The van der Waals surface area contributed by atoms with Crippen molar-refractivity contribution in [1.82, 2.24) is 4.90 Å². The van der Waals surface area contributed by atoms with Crippen LogP contribution in [0, 0.1) is 0 Å². The molecule has 8 heteroatoms. The van der Waals surface area contributed by atoms with Crippen LogP contribution >= 0.6 is 0 Å². The van der Waals surface area contributed by atoms with Crippen molar-refractivity contribution in [3.63, 3.8) is 0 Å². The summed E-state index contributed by atoms with van der Waals surface area (Å²) in [4.78, 5) is 46.5. The van der Waals surface area contributed by atoms with E-state index < -0.39 is 9.84 Å². The second-order valence-corrected chi connectivity index (χ2v) is 8.97. The average Bonchev–Trinajstić information content (AvgIpc) is 2.92. The molecule has 0 aromatic heterocycles. The van der Waals surface area contributed by atoms with Gasteiger partial charge in [0.05, 0.1) is 5.75 Å². The molecule has 0 aliphatic carbocycles. The van der Waals surface area contributed by atoms with Gasteiger partial charge in [-0.05, 0) is 32.6 Å². The Labute approximate surface area is 166 Å². The Bertz CT molecular complexity index is 718. The van der Waals surface area contributed by atoms with E-state index in [0.717, 1.165) is 5.41 Å². The van der Waals surface area contributed by atoms with E-state index in [0.29, 0.717) is 57.9 Å². The molecule has 156 valence electrons. The second kappa shape index (κ2) is 12.4. The van der Waals surface area contributed by atoms with Crippen molar-refractivity contribution in [3.8, 4) is 0 Å². The summed E-state index contributed by atoms with van der Waals surface area (Å²) in [7, 11) is -3.32. The van der Waals surface area contributed by atoms with Gasteiger partial charge in [0, 0.05) is 43.4 Å². The summed E-state index contributed by atoms with van der Waals surface area (Å²) < 4.78 is 23.7. The maximum Gasteiger partial charge on any atom is 0.253 e. The molecule has 1 heterocycles. The summed E-state index contributed by atoms with van der Waals surface area (Å²) in [6.07, 6.45) is 8.67. The summed E-state index contributed by atoms with van der Waals surface area (Å²) in [5.74, 6) is -0.505. The number of imide groups is 1. The van der Waals surface area contributed by atoms with Crippen molar-refractivity contribution in [3.05, 3.63) is 23.6 Å². The lowest BCUT2D eigenvalue weighted by Gasteiger charge is -2.12. The number of nitrogens with zero attached hydrogens (tertiary/aromatic N) is 1. The number of allylic oxidation sites excluding steroid dienone is 1. The maximum absolute atomic E-state index is 11.9. The van der Waals surface area contributed by atoms with Crippen LogP contribution in [0.4, 0.5) is 0 Å². The molecule has 1 rings (SSSR count). The highest BCUT2D eigenvalue weighted by molar-refractivity contribution is 7.94. The van der Waals surface area contributed by atoms with E-state index >= 15 is 0 Å². The van der Waals surface area contributed by atoms with Gasteiger partial charge in [-0.2, -0.15) is 0 Å². The van der Waals surface area contributed by atoms with Crippen molar-refractivity contribution >= 4 is 33.2 Å². The molecule has 0 saturated heterocycles. The second-order valence-electron chi connectivity index (χ2n) is 6.97. The lowest BCUT2D eigenvalue weighted by Crippen LogP contribution is -2.30. The van der Waals surface area contributed by atoms with Crippen LogP contribution in [0.3, 0.4) is 0 Å². The molecule has 0 saturated carbocycles. The first-order chi connectivity index (χ1) is 13.2. The quantitative estimate of drug-likeness (QED) is 0.303. The van der Waals surface area contributed by atoms with Gasteiger partial charge < -0.3 is 4.79 Å². The van der Waals surface area contributed by atoms with E-state index in [2.05, 4.69) is 0 Å². The Morgan fingerprint density at radius 1 is 0.929 bits per heavy atom. The number of carbonyl (C=O) groups excluding carboxylic acids is 4. The van der Waals surface area contributed by atoms with Crippen molar-refractivity contribution in [2.75, 3.05) is 12.3 Å². The van der Waals surface area contributed by atoms with Crippen molar-refractivity contribution in [2.45, 2.75) is 64.7 Å². The number of rotatable bonds is 15. The molecule has 0 unspecified atom stereocenters. The van der Waals surface area contributed by atoms with Gasteiger partial charge in [-0.1, -0.05) is 18.9 Å². The Morgan fingerprint density at radius 3 is 2.18 bits per heavy atom. The van der Waals surface area contributed by atoms with Gasteiger partial charge in [0.2, 0.25) is 0 Å². The molecule has 2 amide bonds. The van der Waals surface area contributed by atoms with Crippen LogP contribution in [0.15, 0.2) is 23.6 Å². The number of hydrogen-bond donors (Lipinski definition) is 0. The maximum atomic E-state index is 11.9. The first kappa shape index (κ1) is 23.9. The highest BCUT2D eigenvalue weighted by Crippen LogP contribution is 2.09. The number of hydrogen-bond acceptors (Lipinski definition) is 6. The highest BCUT2D eigenvalue weighted by Gasteiger charge is 2.22. The van der Waals surface area contributed by atoms with Gasteiger partial charge in [0.15, 0.2) is 9.84 Å². The zero-order chi connectivity index (χ0) is 21.0. The van der Waals surface area contributed by atoms with Crippen LogP contribution in [0.1, 0.15) is 64.7 Å². The van der Waals surface area contributed by atoms with Crippen LogP contribution in [0.5, 0.6) is 0 Å². The van der Waals surface area contributed by atoms with E-state index in [9.17, 15) is 27.6 Å². The molecule has 0 aromatic rings. The lowest BCUT2D eigenvalue weighted by atomic mass is 10.1. The van der Waals surface area contributed by atoms with Crippen LogP contribution < -0.4 is 0 Å². The van der Waals surface area contributed by atoms with Crippen LogP contribution in [-0.2, 0) is 29.0 Å². The van der Waals surface area contributed by atoms with Gasteiger partial charge in [-0.15, -0.1) is 0 Å². The van der Waals surface area contributed by atoms with Gasteiger partial charge >= 0.3 is 0 Å². The monoisotopic (exact) mass is 411 g/mol. The van der Waals surface area contributed by atoms with Gasteiger partial charge in [-0.3, -0.25) is 19.3 Å². The fraction of sp³-hybridized carbons (Fsp3) is 0.600. The van der Waals surface area contributed by atoms with E-state index in [1.807, 2.05) is 0 Å². The number of amides is 2. The smallest absolute Gasteiger partial charge is 0.253 e. The minimum absolute atomic E-state index is 0.0262. The van der Waals surface area contributed by atoms with Crippen molar-refractivity contribution in [1.29, 1.82) is 0 Å². The molecule has 0 aromatic carbocycles. The van der Waals surface area contributed by atoms with Crippen LogP contribution in [0.25, 0.3) is 0 Å². The first-order valence-corrected chi connectivity index (χ1v) is 11.4. The molecule has 0 radical (unpaired) electrons. The molecule has 0 spiro atoms. The molecular weight excluding hydrogens is 382 g/mol. The number of unbranched alkanes of at least 4 members (excludes halogenated alkanes) is 4. The summed E-state index contributed by atoms with van der Waals surface area (Å²) in [6, 6.07) is 0. The lowest BCUT2D eigenvalue weighted by molar-refractivity contribution is -0.137. The van der Waals surface area contributed by atoms with Crippen molar-refractivity contribution < 1.29 is 27.6 Å². The number of Topliss-reactive ketones (excluding diaryl/α,β-unsaturated/α-hetero) is 2. The Morgan fingerprint density at radius 2 is 1.54 bits per heavy atom. The van der Waals surface area contributed by atoms with E-state index in [1.54, 1.807) is 0 Å². The average molecular weight is 412 g/mol. The third-order valence-electron chi connectivity index (χ3n) is 4.34. The molecule has 1 aliphatic heterocycles. The standard InChI is InChI=1S/C20H29NO6S/c1-17(22)9-4-3-7-15-28(26,27)16-8-11-18(23)10-5-2-6-14-21-19(24)12-13-20(21)25/h8,12-13,16H,2-7,9-11,14-15H2,1H3/b16-8+. The molecule has 7 nitrogen and oxygen atoms in total. The Balaban J connectivity index is 2.12. The molecule has 0 atom stereocenters. The Kier molecular flexibility index (Phi) is 10.6. The number of sulfone groups is 1. The van der Waals surface area contributed by atoms with E-state index in [4.69, 9.17) is 0 Å². The SMILES string of the molecule is CC(=O)CCCCCS(=O)(=O)/C=C/CC(=O)CCCCCN1C(=O)C=CC1=O. The fourth-order valence-corrected chi connectivity index (χ4v) is 3.90. The van der Waals surface area contributed by atoms with Crippen molar-refractivity contribution in [2.24, 2.45) is 0 Å². The van der Waals surface area contributed by atoms with Gasteiger partial charge in [0.25, 0.3) is 11.8 Å². The summed E-state index contributed by atoms with van der Waals surface area (Å²) in [5.41, 5.74) is 0. The number of ketones is 2. The molecule has 0 bridgehead atoms. The molecule has 0 N–H and O–H groups in total. The summed E-state index contributed by atoms with van der Waals surface area (Å²) in [5, 5.41) is 1.10. The van der Waals surface area contributed by atoms with Crippen LogP contribution in [-0.4, -0.2) is 49.0 Å². The van der Waals surface area contributed by atoms with Gasteiger partial charge in [-0.25, -0.2) is 8.42 Å². The largest absolute Gasteiger partial charge is 0.300 e. The molecule has 0 fully saturated rings. The first-order valence-electron chi connectivity index (χ1n) is 9.65. The predicted molar refractivity (Wildman–Crippen MR) is 106 cm³/mol. The predicted octanol–water partition coefficient (Wildman–Crippen LogP) is 2.51. The summed E-state index contributed by atoms with van der Waals surface area (Å²) in [6.45, 7) is 1.87. The van der Waals surface area contributed by atoms with Gasteiger partial charge in [0.1, 0.15) is 11.6 Å². The summed E-state index contributed by atoms with van der Waals surface area (Å²) >= 11 is 0. The topological polar surface area (TPSA) is 106 Å². The third-order valence-corrected chi connectivity index (χ3v) is 5.81. The van der Waals surface area contributed by atoms with E-state index in [-0.39, 0.29) is 35.6 Å². The fourth-order valence-electron chi connectivity index (χ4n) is 2.77. The minimum Gasteiger partial charge on any atom is -0.300 e. The normalized spacial score (nSPS) is 14.4. The molecule has 28 heavy (non-hydrogen) atoms. The third kappa shape index (κ3) is 10.3. The van der Waals surface area contributed by atoms with E-state index in [1.165, 1.54) is 30.1 Å². The highest BCUT2D eigenvalue weighted by atomic mass is 32.2. The zero-order valence-electron chi connectivity index (χ0n) is 16.4. The molecule has 1 aliphatic rings. The number of carbonyl (C=O) groups is 4. The minimum atomic E-state index is -3.32. The Hall–Kier alpha value is -2.09. The zero-order valence-corrected chi connectivity index (χ0v) is 17.2. The molecular formula is C20H29NO6S.